The fourth-order valence-electron chi connectivity index (χ4n) is 3.39. The van der Waals surface area contributed by atoms with Gasteiger partial charge in [0.05, 0.1) is 17.1 Å². The van der Waals surface area contributed by atoms with E-state index in [0.29, 0.717) is 18.7 Å². The number of benzene rings is 1. The average Bonchev–Trinajstić information content (AvgIpc) is 2.72. The zero-order valence-corrected chi connectivity index (χ0v) is 16.3. The number of rotatable bonds is 6. The van der Waals surface area contributed by atoms with Crippen LogP contribution in [-0.4, -0.2) is 36.2 Å². The predicted octanol–water partition coefficient (Wildman–Crippen LogP) is 2.96. The summed E-state index contributed by atoms with van der Waals surface area (Å²) in [7, 11) is -3.53. The third-order valence-electron chi connectivity index (χ3n) is 4.92. The van der Waals surface area contributed by atoms with Crippen LogP contribution in [0, 0.1) is 0 Å². The number of nitrogens with zero attached hydrogens (tertiary/aromatic N) is 2. The van der Waals surface area contributed by atoms with Crippen LogP contribution in [0.3, 0.4) is 0 Å². The van der Waals surface area contributed by atoms with Gasteiger partial charge in [-0.15, -0.1) is 0 Å². The molecular weight excluding hydrogens is 362 g/mol. The molecule has 1 unspecified atom stereocenters. The van der Waals surface area contributed by atoms with Gasteiger partial charge in [0.2, 0.25) is 10.0 Å². The number of carbonyl (C=O) groups is 1. The monoisotopic (exact) mass is 387 g/mol. The summed E-state index contributed by atoms with van der Waals surface area (Å²) in [5.41, 5.74) is 1.19. The molecular formula is C20H25N3O3S. The first kappa shape index (κ1) is 19.5. The van der Waals surface area contributed by atoms with Crippen molar-refractivity contribution in [3.8, 4) is 0 Å². The maximum atomic E-state index is 13.0. The van der Waals surface area contributed by atoms with Crippen molar-refractivity contribution >= 4 is 15.9 Å². The molecule has 27 heavy (non-hydrogen) atoms. The number of carbonyl (C=O) groups excluding carboxylic acids is 1. The fourth-order valence-corrected chi connectivity index (χ4v) is 5.15. The van der Waals surface area contributed by atoms with Crippen molar-refractivity contribution in [2.75, 3.05) is 6.54 Å². The molecule has 7 heteroatoms. The van der Waals surface area contributed by atoms with Gasteiger partial charge in [0.1, 0.15) is 0 Å². The molecule has 0 aliphatic carbocycles. The third kappa shape index (κ3) is 4.54. The maximum Gasteiger partial charge on any atom is 0.251 e. The smallest absolute Gasteiger partial charge is 0.251 e. The van der Waals surface area contributed by atoms with Crippen molar-refractivity contribution in [2.45, 2.75) is 50.1 Å². The molecule has 2 aromatic rings. The largest absolute Gasteiger partial charge is 0.346 e. The Bertz CT molecular complexity index is 867. The standard InChI is InChI=1S/C20H25N3O3S/c1-2-18-8-4-6-14-23(18)27(25,26)19-11-9-16(10-12-19)20(24)22-15-17-7-3-5-13-21-17/h3,5,7,9-13,18H,2,4,6,8,14-15H2,1H3,(H,22,24). The summed E-state index contributed by atoms with van der Waals surface area (Å²) in [5, 5.41) is 2.79. The molecule has 0 radical (unpaired) electrons. The first-order chi connectivity index (χ1) is 13.0. The Kier molecular flexibility index (Phi) is 6.23. The molecule has 1 atom stereocenters. The van der Waals surface area contributed by atoms with Gasteiger partial charge in [-0.05, 0) is 55.7 Å². The van der Waals surface area contributed by atoms with Gasteiger partial charge in [0.25, 0.3) is 5.91 Å². The van der Waals surface area contributed by atoms with E-state index in [9.17, 15) is 13.2 Å². The Labute approximate surface area is 160 Å². The molecule has 0 spiro atoms. The minimum atomic E-state index is -3.53. The van der Waals surface area contributed by atoms with Crippen LogP contribution in [0.1, 0.15) is 48.7 Å². The van der Waals surface area contributed by atoms with Gasteiger partial charge in [-0.25, -0.2) is 8.42 Å². The molecule has 1 saturated heterocycles. The van der Waals surface area contributed by atoms with E-state index >= 15 is 0 Å². The highest BCUT2D eigenvalue weighted by atomic mass is 32.2. The molecule has 1 amide bonds. The summed E-state index contributed by atoms with van der Waals surface area (Å²) in [5.74, 6) is -0.256. The first-order valence-electron chi connectivity index (χ1n) is 9.32. The van der Waals surface area contributed by atoms with Crippen molar-refractivity contribution in [2.24, 2.45) is 0 Å². The lowest BCUT2D eigenvalue weighted by Crippen LogP contribution is -2.43. The molecule has 144 valence electrons. The zero-order valence-electron chi connectivity index (χ0n) is 15.5. The number of hydrogen-bond donors (Lipinski definition) is 1. The van der Waals surface area contributed by atoms with Crippen molar-refractivity contribution < 1.29 is 13.2 Å². The lowest BCUT2D eigenvalue weighted by Gasteiger charge is -2.34. The number of pyridine rings is 1. The molecule has 1 fully saturated rings. The van der Waals surface area contributed by atoms with Gasteiger partial charge in [-0.3, -0.25) is 9.78 Å². The Hall–Kier alpha value is -2.25. The van der Waals surface area contributed by atoms with E-state index in [1.165, 1.54) is 12.1 Å². The first-order valence-corrected chi connectivity index (χ1v) is 10.8. The number of hydrogen-bond acceptors (Lipinski definition) is 4. The van der Waals surface area contributed by atoms with Gasteiger partial charge in [-0.1, -0.05) is 19.4 Å². The SMILES string of the molecule is CCC1CCCCN1S(=O)(=O)c1ccc(C(=O)NCc2ccccn2)cc1. The molecule has 6 nitrogen and oxygen atoms in total. The summed E-state index contributed by atoms with van der Waals surface area (Å²) in [6.07, 6.45) is 5.35. The van der Waals surface area contributed by atoms with Crippen LogP contribution in [0.4, 0.5) is 0 Å². The number of aromatic nitrogens is 1. The van der Waals surface area contributed by atoms with Crippen molar-refractivity contribution in [1.82, 2.24) is 14.6 Å². The number of amides is 1. The summed E-state index contributed by atoms with van der Waals surface area (Å²) in [6, 6.07) is 11.7. The van der Waals surface area contributed by atoms with E-state index in [1.807, 2.05) is 25.1 Å². The van der Waals surface area contributed by atoms with Gasteiger partial charge in [-0.2, -0.15) is 4.31 Å². The van der Waals surface area contributed by atoms with Crippen molar-refractivity contribution in [3.05, 3.63) is 59.9 Å². The second kappa shape index (κ2) is 8.63. The molecule has 2 heterocycles. The van der Waals surface area contributed by atoms with Crippen LogP contribution in [0.15, 0.2) is 53.6 Å². The molecule has 1 aromatic carbocycles. The van der Waals surface area contributed by atoms with E-state index in [2.05, 4.69) is 10.3 Å². The zero-order chi connectivity index (χ0) is 19.3. The highest BCUT2D eigenvalue weighted by Gasteiger charge is 2.32. The highest BCUT2D eigenvalue weighted by molar-refractivity contribution is 7.89. The minimum absolute atomic E-state index is 0.0603. The second-order valence-electron chi connectivity index (χ2n) is 6.70. The number of piperidine rings is 1. The molecule has 0 saturated carbocycles. The van der Waals surface area contributed by atoms with E-state index in [4.69, 9.17) is 0 Å². The molecule has 1 N–H and O–H groups in total. The Morgan fingerprint density at radius 1 is 1.19 bits per heavy atom. The van der Waals surface area contributed by atoms with E-state index < -0.39 is 10.0 Å². The molecule has 1 aliphatic heterocycles. The minimum Gasteiger partial charge on any atom is -0.346 e. The van der Waals surface area contributed by atoms with Crippen molar-refractivity contribution in [1.29, 1.82) is 0 Å². The predicted molar refractivity (Wildman–Crippen MR) is 104 cm³/mol. The molecule has 1 aromatic heterocycles. The van der Waals surface area contributed by atoms with E-state index in [0.717, 1.165) is 31.4 Å². The third-order valence-corrected chi connectivity index (χ3v) is 6.89. The molecule has 1 aliphatic rings. The van der Waals surface area contributed by atoms with Crippen LogP contribution < -0.4 is 5.32 Å². The van der Waals surface area contributed by atoms with Crippen LogP contribution in [0.5, 0.6) is 0 Å². The van der Waals surface area contributed by atoms with Gasteiger partial charge in [0, 0.05) is 24.3 Å². The quantitative estimate of drug-likeness (QED) is 0.826. The Morgan fingerprint density at radius 3 is 2.63 bits per heavy atom. The Morgan fingerprint density at radius 2 is 1.96 bits per heavy atom. The number of nitrogens with one attached hydrogen (secondary N) is 1. The van der Waals surface area contributed by atoms with Gasteiger partial charge < -0.3 is 5.32 Å². The van der Waals surface area contributed by atoms with Gasteiger partial charge >= 0.3 is 0 Å². The topological polar surface area (TPSA) is 79.4 Å². The summed E-state index contributed by atoms with van der Waals surface area (Å²) in [4.78, 5) is 16.7. The maximum absolute atomic E-state index is 13.0. The van der Waals surface area contributed by atoms with E-state index in [-0.39, 0.29) is 16.8 Å². The van der Waals surface area contributed by atoms with Crippen molar-refractivity contribution in [3.63, 3.8) is 0 Å². The lowest BCUT2D eigenvalue weighted by molar-refractivity contribution is 0.0950. The Balaban J connectivity index is 1.69. The average molecular weight is 388 g/mol. The summed E-state index contributed by atoms with van der Waals surface area (Å²) >= 11 is 0. The van der Waals surface area contributed by atoms with E-state index in [1.54, 1.807) is 22.6 Å². The summed E-state index contributed by atoms with van der Waals surface area (Å²) in [6.45, 7) is 2.91. The lowest BCUT2D eigenvalue weighted by atomic mass is 10.0. The van der Waals surface area contributed by atoms with Gasteiger partial charge in [0.15, 0.2) is 0 Å². The van der Waals surface area contributed by atoms with Crippen LogP contribution >= 0.6 is 0 Å². The normalized spacial score (nSPS) is 18.2. The summed E-state index contributed by atoms with van der Waals surface area (Å²) < 4.78 is 27.5. The van der Waals surface area contributed by atoms with Crippen LogP contribution in [0.25, 0.3) is 0 Å². The van der Waals surface area contributed by atoms with Crippen LogP contribution in [-0.2, 0) is 16.6 Å². The fraction of sp³-hybridized carbons (Fsp3) is 0.400. The number of sulfonamides is 1. The highest BCUT2D eigenvalue weighted by Crippen LogP contribution is 2.27. The van der Waals surface area contributed by atoms with Crippen LogP contribution in [0.2, 0.25) is 0 Å². The molecule has 0 bridgehead atoms. The second-order valence-corrected chi connectivity index (χ2v) is 8.59. The molecule has 3 rings (SSSR count).